The Kier molecular flexibility index (Phi) is 3.71. The van der Waals surface area contributed by atoms with E-state index in [-0.39, 0.29) is 10.8 Å². The van der Waals surface area contributed by atoms with Crippen LogP contribution in [0.3, 0.4) is 0 Å². The van der Waals surface area contributed by atoms with Crippen LogP contribution in [-0.4, -0.2) is 20.9 Å². The number of hydrogen-bond acceptors (Lipinski definition) is 4. The van der Waals surface area contributed by atoms with Gasteiger partial charge in [-0.25, -0.2) is 0 Å². The molecule has 0 radical (unpaired) electrons. The predicted octanol–water partition coefficient (Wildman–Crippen LogP) is 0.862. The number of benzene rings is 1. The second kappa shape index (κ2) is 4.67. The topological polar surface area (TPSA) is 86.5 Å². The molecule has 0 spiro atoms. The first-order valence-corrected chi connectivity index (χ1v) is 5.72. The molecule has 0 atom stereocenters. The van der Waals surface area contributed by atoms with Crippen molar-refractivity contribution in [3.8, 4) is 5.75 Å². The van der Waals surface area contributed by atoms with Crippen molar-refractivity contribution in [2.45, 2.75) is 4.90 Å². The fourth-order valence-corrected chi connectivity index (χ4v) is 1.81. The molecule has 0 saturated heterocycles. The van der Waals surface area contributed by atoms with Gasteiger partial charge >= 0.3 is 10.2 Å². The smallest absolute Gasteiger partial charge is 0.335 e. The SMILES string of the molecule is NC(=O)COc1ccc(Cl)cc1S(=O)(=O)F. The summed E-state index contributed by atoms with van der Waals surface area (Å²) in [4.78, 5) is 9.69. The molecule has 1 aromatic rings. The minimum absolute atomic E-state index is 0.0302. The largest absolute Gasteiger partial charge is 0.482 e. The highest BCUT2D eigenvalue weighted by Crippen LogP contribution is 2.28. The van der Waals surface area contributed by atoms with Crippen molar-refractivity contribution < 1.29 is 21.8 Å². The summed E-state index contributed by atoms with van der Waals surface area (Å²) in [5.41, 5.74) is 4.80. The average Bonchev–Trinajstić information content (AvgIpc) is 2.14. The van der Waals surface area contributed by atoms with Gasteiger partial charge in [0.05, 0.1) is 0 Å². The Labute approximate surface area is 96.2 Å². The van der Waals surface area contributed by atoms with E-state index in [0.29, 0.717) is 0 Å². The maximum absolute atomic E-state index is 12.8. The molecule has 8 heteroatoms. The van der Waals surface area contributed by atoms with Crippen LogP contribution in [0.5, 0.6) is 5.75 Å². The van der Waals surface area contributed by atoms with Crippen LogP contribution in [0.2, 0.25) is 5.02 Å². The van der Waals surface area contributed by atoms with Crippen LogP contribution in [0.25, 0.3) is 0 Å². The number of halogens is 2. The van der Waals surface area contributed by atoms with E-state index in [4.69, 9.17) is 22.1 Å². The highest BCUT2D eigenvalue weighted by molar-refractivity contribution is 7.86. The Hall–Kier alpha value is -1.34. The van der Waals surface area contributed by atoms with E-state index in [2.05, 4.69) is 0 Å². The molecule has 5 nitrogen and oxygen atoms in total. The predicted molar refractivity (Wildman–Crippen MR) is 54.4 cm³/mol. The molecule has 88 valence electrons. The zero-order valence-electron chi connectivity index (χ0n) is 7.81. The standard InChI is InChI=1S/C8H7ClFNO4S/c9-5-1-2-6(15-4-8(11)12)7(3-5)16(10,13)14/h1-3H,4H2,(H2,11,12). The lowest BCUT2D eigenvalue weighted by Gasteiger charge is -2.07. The first-order chi connectivity index (χ1) is 7.30. The van der Waals surface area contributed by atoms with Crippen LogP contribution >= 0.6 is 11.6 Å². The van der Waals surface area contributed by atoms with Gasteiger partial charge in [0.15, 0.2) is 6.61 Å². The summed E-state index contributed by atoms with van der Waals surface area (Å²) in [5.74, 6) is -1.12. The number of ether oxygens (including phenoxy) is 1. The third-order valence-electron chi connectivity index (χ3n) is 1.54. The molecular formula is C8H7ClFNO4S. The van der Waals surface area contributed by atoms with Crippen molar-refractivity contribution in [1.82, 2.24) is 0 Å². The normalized spacial score (nSPS) is 11.1. The minimum atomic E-state index is -4.97. The molecule has 0 fully saturated rings. The summed E-state index contributed by atoms with van der Waals surface area (Å²) in [7, 11) is -4.97. The summed E-state index contributed by atoms with van der Waals surface area (Å²) >= 11 is 5.51. The average molecular weight is 268 g/mol. The van der Waals surface area contributed by atoms with Crippen molar-refractivity contribution in [1.29, 1.82) is 0 Å². The second-order valence-corrected chi connectivity index (χ2v) is 4.54. The van der Waals surface area contributed by atoms with Crippen LogP contribution in [0.1, 0.15) is 0 Å². The molecule has 0 bridgehead atoms. The van der Waals surface area contributed by atoms with Gasteiger partial charge in [0.25, 0.3) is 5.91 Å². The van der Waals surface area contributed by atoms with E-state index in [9.17, 15) is 17.1 Å². The van der Waals surface area contributed by atoms with Gasteiger partial charge < -0.3 is 10.5 Å². The van der Waals surface area contributed by atoms with Crippen molar-refractivity contribution in [2.24, 2.45) is 5.73 Å². The number of rotatable bonds is 4. The van der Waals surface area contributed by atoms with Crippen LogP contribution in [0.15, 0.2) is 23.1 Å². The molecule has 0 aliphatic carbocycles. The van der Waals surface area contributed by atoms with Crippen LogP contribution in [-0.2, 0) is 15.0 Å². The summed E-state index contributed by atoms with van der Waals surface area (Å²) in [6.45, 7) is -0.551. The van der Waals surface area contributed by atoms with E-state index in [1.165, 1.54) is 6.07 Å². The van der Waals surface area contributed by atoms with Gasteiger partial charge in [-0.1, -0.05) is 11.6 Å². The third-order valence-corrected chi connectivity index (χ3v) is 2.62. The molecule has 16 heavy (non-hydrogen) atoms. The van der Waals surface area contributed by atoms with Crippen LogP contribution in [0.4, 0.5) is 3.89 Å². The number of carbonyl (C=O) groups excluding carboxylic acids is 1. The van der Waals surface area contributed by atoms with Gasteiger partial charge in [0.2, 0.25) is 0 Å². The molecule has 1 aromatic carbocycles. The molecule has 0 aliphatic heterocycles. The first-order valence-electron chi connectivity index (χ1n) is 3.96. The Bertz CT molecular complexity index is 517. The second-order valence-electron chi connectivity index (χ2n) is 2.78. The van der Waals surface area contributed by atoms with Crippen molar-refractivity contribution >= 4 is 27.7 Å². The number of carbonyl (C=O) groups is 1. The lowest BCUT2D eigenvalue weighted by atomic mass is 10.3. The number of nitrogens with two attached hydrogens (primary N) is 1. The number of hydrogen-bond donors (Lipinski definition) is 1. The lowest BCUT2D eigenvalue weighted by molar-refractivity contribution is -0.120. The Morgan fingerprint density at radius 2 is 2.12 bits per heavy atom. The maximum atomic E-state index is 12.8. The van der Waals surface area contributed by atoms with E-state index >= 15 is 0 Å². The van der Waals surface area contributed by atoms with Gasteiger partial charge in [-0.3, -0.25) is 4.79 Å². The summed E-state index contributed by atoms with van der Waals surface area (Å²) in [6, 6.07) is 3.32. The van der Waals surface area contributed by atoms with Gasteiger partial charge in [-0.2, -0.15) is 8.42 Å². The summed E-state index contributed by atoms with van der Waals surface area (Å²) in [5, 5.41) is 0.0302. The molecule has 1 amide bonds. The molecule has 0 heterocycles. The highest BCUT2D eigenvalue weighted by atomic mass is 35.5. The van der Waals surface area contributed by atoms with E-state index in [1.807, 2.05) is 0 Å². The maximum Gasteiger partial charge on any atom is 0.335 e. The minimum Gasteiger partial charge on any atom is -0.482 e. The lowest BCUT2D eigenvalue weighted by Crippen LogP contribution is -2.20. The van der Waals surface area contributed by atoms with E-state index in [0.717, 1.165) is 12.1 Å². The van der Waals surface area contributed by atoms with E-state index in [1.54, 1.807) is 0 Å². The quantitative estimate of drug-likeness (QED) is 0.820. The van der Waals surface area contributed by atoms with Gasteiger partial charge in [0.1, 0.15) is 10.6 Å². The third kappa shape index (κ3) is 3.35. The molecule has 2 N–H and O–H groups in total. The first kappa shape index (κ1) is 12.7. The molecule has 0 unspecified atom stereocenters. The van der Waals surface area contributed by atoms with Crippen LogP contribution in [0, 0.1) is 0 Å². The summed E-state index contributed by atoms with van der Waals surface area (Å²) < 4.78 is 39.0. The van der Waals surface area contributed by atoms with Crippen molar-refractivity contribution in [2.75, 3.05) is 6.61 Å². The van der Waals surface area contributed by atoms with Gasteiger partial charge in [-0.15, -0.1) is 3.89 Å². The molecule has 0 aliphatic rings. The monoisotopic (exact) mass is 267 g/mol. The van der Waals surface area contributed by atoms with Crippen LogP contribution < -0.4 is 10.5 Å². The van der Waals surface area contributed by atoms with E-state index < -0.39 is 27.6 Å². The molecule has 1 rings (SSSR count). The Morgan fingerprint density at radius 3 is 2.62 bits per heavy atom. The number of primary amides is 1. The number of amides is 1. The Balaban J connectivity index is 3.13. The molecular weight excluding hydrogens is 261 g/mol. The fourth-order valence-electron chi connectivity index (χ4n) is 0.941. The van der Waals surface area contributed by atoms with Gasteiger partial charge in [-0.05, 0) is 18.2 Å². The molecule has 0 saturated carbocycles. The van der Waals surface area contributed by atoms with Crippen molar-refractivity contribution in [3.63, 3.8) is 0 Å². The Morgan fingerprint density at radius 1 is 1.50 bits per heavy atom. The molecule has 0 aromatic heterocycles. The van der Waals surface area contributed by atoms with Crippen molar-refractivity contribution in [3.05, 3.63) is 23.2 Å². The fraction of sp³-hybridized carbons (Fsp3) is 0.125. The van der Waals surface area contributed by atoms with Gasteiger partial charge in [0, 0.05) is 5.02 Å². The zero-order valence-corrected chi connectivity index (χ0v) is 9.39. The zero-order chi connectivity index (χ0) is 12.3. The summed E-state index contributed by atoms with van der Waals surface area (Å²) in [6.07, 6.45) is 0. The highest BCUT2D eigenvalue weighted by Gasteiger charge is 2.19.